The Kier molecular flexibility index (Phi) is 35.1. The number of hydrogen-bond donors (Lipinski definition) is 10. The first-order valence-electron chi connectivity index (χ1n) is 42.7. The van der Waals surface area contributed by atoms with Crippen molar-refractivity contribution < 1.29 is 18.9 Å². The van der Waals surface area contributed by atoms with Crippen molar-refractivity contribution in [3.8, 4) is 0 Å². The predicted octanol–water partition coefficient (Wildman–Crippen LogP) is 15.0. The van der Waals surface area contributed by atoms with E-state index in [1.54, 1.807) is 60.3 Å². The van der Waals surface area contributed by atoms with Gasteiger partial charge < -0.3 is 70.5 Å². The molecule has 0 radical (unpaired) electrons. The fraction of sp³-hybridized carbons (Fsp3) is 0.444. The lowest BCUT2D eigenvalue weighted by atomic mass is 10.0. The van der Waals surface area contributed by atoms with Crippen molar-refractivity contribution in [3.63, 3.8) is 0 Å². The maximum absolute atomic E-state index is 13.2. The number of nitrogens with zero attached hydrogens (tertiary/aromatic N) is 10. The summed E-state index contributed by atoms with van der Waals surface area (Å²) in [6, 6.07) is 27.6. The molecule has 124 heavy (non-hydrogen) atoms. The van der Waals surface area contributed by atoms with Crippen LogP contribution < -0.4 is 56.5 Å². The van der Waals surface area contributed by atoms with Crippen molar-refractivity contribution >= 4 is 167 Å². The average molecular weight is 1800 g/mol. The average Bonchev–Trinajstić information content (AvgIpc) is 1.57. The summed E-state index contributed by atoms with van der Waals surface area (Å²) in [5, 5.41) is 47.7. The van der Waals surface area contributed by atoms with Crippen molar-refractivity contribution in [2.24, 2.45) is 34.6 Å². The van der Waals surface area contributed by atoms with Gasteiger partial charge in [-0.15, -0.1) is 0 Å². The van der Waals surface area contributed by atoms with Crippen LogP contribution in [-0.4, -0.2) is 159 Å². The highest BCUT2D eigenvalue weighted by Gasteiger charge is 2.25. The summed E-state index contributed by atoms with van der Waals surface area (Å²) in [7, 11) is 1.65. The topological polar surface area (TPSA) is 420 Å². The van der Waals surface area contributed by atoms with E-state index < -0.39 is 0 Å². The zero-order valence-electron chi connectivity index (χ0n) is 71.8. The fourth-order valence-corrected chi connectivity index (χ4v) is 16.1. The van der Waals surface area contributed by atoms with E-state index in [1.807, 2.05) is 81.4 Å². The smallest absolute Gasteiger partial charge is 0.262 e. The van der Waals surface area contributed by atoms with E-state index in [-0.39, 0.29) is 39.8 Å². The third kappa shape index (κ3) is 22.1. The van der Waals surface area contributed by atoms with Crippen LogP contribution in [0.15, 0.2) is 115 Å². The summed E-state index contributed by atoms with van der Waals surface area (Å²) < 4.78 is 31.1. The first kappa shape index (κ1) is 95.2. The van der Waals surface area contributed by atoms with E-state index in [0.29, 0.717) is 203 Å². The van der Waals surface area contributed by atoms with Crippen molar-refractivity contribution in [1.82, 2.24) is 73.8 Å². The van der Waals surface area contributed by atoms with E-state index in [1.165, 1.54) is 0 Å². The molecule has 10 heterocycles. The maximum atomic E-state index is 13.2. The number of methoxy groups -OCH3 is 1. The van der Waals surface area contributed by atoms with Gasteiger partial charge in [-0.1, -0.05) is 106 Å². The number of aryl methyl sites for hydroxylation is 5. The van der Waals surface area contributed by atoms with Crippen LogP contribution in [0.4, 0.5) is 0 Å². The lowest BCUT2D eigenvalue weighted by Crippen LogP contribution is -2.23. The predicted molar refractivity (Wildman–Crippen MR) is 505 cm³/mol. The molecule has 15 N–H and O–H groups in total. The SMILES string of the molecule is CC(C)CCOCCc1[nH]nc2c1c(=O)n(CCCN)c1ccc(Cl)cc21.CC(C)c1[nH]nc2c1c(=O)n(CCCN)c1ccc(Cl)cc21.CCCCOCCc1[nH]nc2c1c(=O)n(CCCN)c1ccc(Cl)cc21.CCCOCCc1[nH]nc2c1c(=O)n(CCCN)c1ccc(Cl)cc21.COC(C)Cc1[nH]nc2c1c(=O)n(CCCN)c1ccc(Cl)cc21. The highest BCUT2D eigenvalue weighted by Crippen LogP contribution is 2.34. The number of aromatic nitrogens is 15. The van der Waals surface area contributed by atoms with E-state index in [2.05, 4.69) is 78.7 Å². The molecule has 15 aromatic rings. The molecular formula is C90H115Cl5N20O9. The molecule has 0 spiro atoms. The minimum Gasteiger partial charge on any atom is -0.381 e. The quantitative estimate of drug-likeness (QED) is 0.0163. The molecule has 664 valence electrons. The van der Waals surface area contributed by atoms with Crippen LogP contribution in [0.2, 0.25) is 25.1 Å². The van der Waals surface area contributed by atoms with Gasteiger partial charge in [-0.05, 0) is 194 Å². The van der Waals surface area contributed by atoms with Crippen molar-refractivity contribution in [2.45, 2.75) is 177 Å². The summed E-state index contributed by atoms with van der Waals surface area (Å²) in [5.41, 5.74) is 39.6. The van der Waals surface area contributed by atoms with Gasteiger partial charge in [-0.25, -0.2) is 0 Å². The van der Waals surface area contributed by atoms with Gasteiger partial charge in [-0.2, -0.15) is 25.5 Å². The molecule has 1 atom stereocenters. The van der Waals surface area contributed by atoms with Gasteiger partial charge in [0.15, 0.2) is 0 Å². The minimum atomic E-state index is -0.0553. The Morgan fingerprint density at radius 2 is 0.637 bits per heavy atom. The van der Waals surface area contributed by atoms with E-state index in [0.717, 1.165) is 154 Å². The van der Waals surface area contributed by atoms with Gasteiger partial charge in [0.2, 0.25) is 0 Å². The monoisotopic (exact) mass is 1790 g/mol. The third-order valence-corrected chi connectivity index (χ3v) is 22.9. The van der Waals surface area contributed by atoms with Crippen LogP contribution >= 0.6 is 58.0 Å². The van der Waals surface area contributed by atoms with Gasteiger partial charge in [0.05, 0.1) is 109 Å². The second-order valence-electron chi connectivity index (χ2n) is 31.4. The molecule has 0 bridgehead atoms. The number of ether oxygens (including phenoxy) is 4. The van der Waals surface area contributed by atoms with Crippen molar-refractivity contribution in [3.05, 3.63) is 196 Å². The molecule has 0 saturated heterocycles. The number of fused-ring (bicyclic) bond motifs is 15. The standard InChI is InChI=1S/C20H27ClN4O2.C19H25ClN4O2.C18H23ClN4O2.C17H21ClN4O2.C16H19ClN4O/c1-13(2)6-10-27-11-7-16-18-19(24-23-16)15-12-14(21)4-5-17(15)25(20(18)26)9-3-8-22;1-2-3-10-26-11-7-15-17-18(23-22-15)14-12-13(20)5-6-16(14)24(19(17)25)9-4-8-21;1-2-9-25-10-6-14-16-17(22-21-14)13-11-12(19)4-5-15(13)23(18(16)24)8-3-7-20;1-10(24-2)8-13-15-16(21-20-13)12-9-11(18)4-5-14(12)22(17(15)23)7-3-6-19;1-9(2)14-13-15(20-19-14)11-8-10(17)4-5-12(11)21(16(13)22)7-3-6-18/h4-5,12-13H,3,6-11,22H2,1-2H3,(H,23,24);5-6,12H,2-4,7-11,21H2,1H3,(H,22,23);4-5,11H,2-3,6-10,20H2,1H3,(H,21,22);4-5,9-10H,3,6-8,19H2,1-2H3,(H,20,21);4-5,8-9H,3,6-7,18H2,1-2H3,(H,19,20). The van der Waals surface area contributed by atoms with E-state index >= 15 is 0 Å². The van der Waals surface area contributed by atoms with Gasteiger partial charge in [0.25, 0.3) is 27.8 Å². The molecule has 0 aliphatic carbocycles. The summed E-state index contributed by atoms with van der Waals surface area (Å²) in [5.74, 6) is 0.807. The van der Waals surface area contributed by atoms with Crippen LogP contribution in [0.5, 0.6) is 0 Å². The zero-order chi connectivity index (χ0) is 88.8. The second kappa shape index (κ2) is 45.7. The maximum Gasteiger partial charge on any atom is 0.262 e. The molecule has 0 fully saturated rings. The molecule has 10 aromatic heterocycles. The van der Waals surface area contributed by atoms with E-state index in [4.69, 9.17) is 106 Å². The van der Waals surface area contributed by atoms with Crippen LogP contribution in [-0.2, 0) is 77.4 Å². The summed E-state index contributed by atoms with van der Waals surface area (Å²) >= 11 is 30.9. The van der Waals surface area contributed by atoms with Gasteiger partial charge in [0, 0.05) is 137 Å². The Hall–Kier alpha value is -9.41. The largest absolute Gasteiger partial charge is 0.381 e. The van der Waals surface area contributed by atoms with Crippen molar-refractivity contribution in [1.29, 1.82) is 0 Å². The Morgan fingerprint density at radius 1 is 0.355 bits per heavy atom. The van der Waals surface area contributed by atoms with Gasteiger partial charge in [0.1, 0.15) is 27.6 Å². The Bertz CT molecular complexity index is 6480. The number of rotatable bonds is 36. The highest BCUT2D eigenvalue weighted by molar-refractivity contribution is 6.33. The number of pyridine rings is 5. The van der Waals surface area contributed by atoms with E-state index in [9.17, 15) is 24.0 Å². The molecule has 0 aliphatic rings. The highest BCUT2D eigenvalue weighted by atomic mass is 35.5. The van der Waals surface area contributed by atoms with Crippen LogP contribution in [0.3, 0.4) is 0 Å². The van der Waals surface area contributed by atoms with Crippen LogP contribution in [0.1, 0.15) is 141 Å². The lowest BCUT2D eigenvalue weighted by Gasteiger charge is -2.12. The first-order valence-corrected chi connectivity index (χ1v) is 44.6. The molecular weight excluding hydrogens is 1680 g/mol. The number of unbranched alkanes of at least 4 members (excludes halogenated alkanes) is 1. The Balaban J connectivity index is 0.000000151. The minimum absolute atomic E-state index is 0.0133. The second-order valence-corrected chi connectivity index (χ2v) is 33.6. The lowest BCUT2D eigenvalue weighted by molar-refractivity contribution is 0.118. The Morgan fingerprint density at radius 3 is 0.927 bits per heavy atom. The molecule has 1 unspecified atom stereocenters. The molecule has 0 saturated carbocycles. The zero-order valence-corrected chi connectivity index (χ0v) is 75.6. The Labute approximate surface area is 742 Å². The number of H-pyrrole nitrogens is 5. The number of halogens is 5. The number of nitrogens with one attached hydrogen (secondary N) is 5. The van der Waals surface area contributed by atoms with Gasteiger partial charge >= 0.3 is 0 Å². The van der Waals surface area contributed by atoms with Crippen LogP contribution in [0, 0.1) is 5.92 Å². The molecule has 15 rings (SSSR count). The summed E-state index contributed by atoms with van der Waals surface area (Å²) in [6.07, 6.45) is 10.2. The van der Waals surface area contributed by atoms with Crippen molar-refractivity contribution in [2.75, 3.05) is 79.5 Å². The normalized spacial score (nSPS) is 12.0. The molecule has 5 aromatic carbocycles. The van der Waals surface area contributed by atoms with Gasteiger partial charge in [-0.3, -0.25) is 49.5 Å². The summed E-state index contributed by atoms with van der Waals surface area (Å²) in [4.78, 5) is 65.4. The first-order chi connectivity index (χ1) is 60.0. The summed E-state index contributed by atoms with van der Waals surface area (Å²) in [6.45, 7) is 24.0. The van der Waals surface area contributed by atoms with Crippen LogP contribution in [0.25, 0.3) is 109 Å². The number of nitrogens with two attached hydrogens (primary N) is 5. The number of hydrogen-bond acceptors (Lipinski definition) is 19. The number of benzene rings is 5. The third-order valence-electron chi connectivity index (χ3n) is 21.7. The molecule has 34 heteroatoms. The fourth-order valence-electron chi connectivity index (χ4n) is 15.2. The molecule has 29 nitrogen and oxygen atoms in total. The number of aromatic amines is 5. The molecule has 0 amide bonds. The molecule has 0 aliphatic heterocycles.